The zero-order valence-electron chi connectivity index (χ0n) is 15.7. The van der Waals surface area contributed by atoms with Gasteiger partial charge in [-0.15, -0.1) is 0 Å². The first-order chi connectivity index (χ1) is 12.9. The fourth-order valence-electron chi connectivity index (χ4n) is 3.46. The highest BCUT2D eigenvalue weighted by Crippen LogP contribution is 2.21. The molecule has 1 fully saturated rings. The number of ether oxygens (including phenoxy) is 1. The molecule has 1 unspecified atom stereocenters. The van der Waals surface area contributed by atoms with Crippen molar-refractivity contribution in [1.29, 1.82) is 0 Å². The number of halogens is 1. The summed E-state index contributed by atoms with van der Waals surface area (Å²) < 4.78 is 18.7. The van der Waals surface area contributed by atoms with Gasteiger partial charge in [-0.2, -0.15) is 0 Å². The normalized spacial score (nSPS) is 17.0. The molecule has 1 aliphatic rings. The largest absolute Gasteiger partial charge is 0.493 e. The third-order valence-electron chi connectivity index (χ3n) is 4.94. The molecule has 0 saturated carbocycles. The molecule has 0 radical (unpaired) electrons. The van der Waals surface area contributed by atoms with Crippen LogP contribution in [0, 0.1) is 25.6 Å². The number of anilines is 1. The average molecular weight is 372 g/mol. The van der Waals surface area contributed by atoms with Gasteiger partial charge in [-0.1, -0.05) is 0 Å². The van der Waals surface area contributed by atoms with Crippen LogP contribution in [0.5, 0.6) is 5.75 Å². The molecule has 1 aromatic carbocycles. The van der Waals surface area contributed by atoms with Crippen molar-refractivity contribution in [3.8, 4) is 5.75 Å². The van der Waals surface area contributed by atoms with Gasteiger partial charge >= 0.3 is 0 Å². The van der Waals surface area contributed by atoms with Crippen LogP contribution in [0.4, 0.5) is 10.3 Å². The quantitative estimate of drug-likeness (QED) is 0.873. The maximum Gasteiger partial charge on any atom is 0.227 e. The van der Waals surface area contributed by atoms with E-state index in [4.69, 9.17) is 10.5 Å². The van der Waals surface area contributed by atoms with Crippen LogP contribution in [0.15, 0.2) is 24.3 Å². The standard InChI is InChI=1S/C20H25FN4O2/c1-13-18(14(2)24-20(22)23-13)10-19(26)25-9-3-4-15(11-25)12-27-17-7-5-16(21)6-8-17/h5-8,15H,3-4,9-12H2,1-2H3,(H2,22,23,24). The number of carbonyl (C=O) groups is 1. The van der Waals surface area contributed by atoms with E-state index in [-0.39, 0.29) is 30.0 Å². The van der Waals surface area contributed by atoms with Crippen molar-refractivity contribution < 1.29 is 13.9 Å². The molecule has 1 saturated heterocycles. The van der Waals surface area contributed by atoms with Gasteiger partial charge < -0.3 is 15.4 Å². The van der Waals surface area contributed by atoms with Crippen LogP contribution in [0.1, 0.15) is 29.8 Å². The summed E-state index contributed by atoms with van der Waals surface area (Å²) in [6.45, 7) is 5.62. The number of carbonyl (C=O) groups excluding carboxylic acids is 1. The molecule has 7 heteroatoms. The Hall–Kier alpha value is -2.70. The number of amides is 1. The molecule has 2 heterocycles. The van der Waals surface area contributed by atoms with Crippen molar-refractivity contribution in [1.82, 2.24) is 14.9 Å². The van der Waals surface area contributed by atoms with Crippen molar-refractivity contribution in [2.45, 2.75) is 33.1 Å². The van der Waals surface area contributed by atoms with E-state index in [9.17, 15) is 9.18 Å². The van der Waals surface area contributed by atoms with Crippen LogP contribution in [0.3, 0.4) is 0 Å². The van der Waals surface area contributed by atoms with E-state index >= 15 is 0 Å². The van der Waals surface area contributed by atoms with Crippen molar-refractivity contribution in [2.24, 2.45) is 5.92 Å². The predicted molar refractivity (Wildman–Crippen MR) is 101 cm³/mol. The Bertz CT molecular complexity index is 787. The highest BCUT2D eigenvalue weighted by atomic mass is 19.1. The lowest BCUT2D eigenvalue weighted by molar-refractivity contribution is -0.132. The van der Waals surface area contributed by atoms with Crippen LogP contribution >= 0.6 is 0 Å². The maximum absolute atomic E-state index is 13.0. The summed E-state index contributed by atoms with van der Waals surface area (Å²) in [6, 6.07) is 6.00. The molecule has 0 bridgehead atoms. The summed E-state index contributed by atoms with van der Waals surface area (Å²) >= 11 is 0. The predicted octanol–water partition coefficient (Wildman–Crippen LogP) is 2.67. The zero-order valence-corrected chi connectivity index (χ0v) is 15.7. The van der Waals surface area contributed by atoms with Crippen LogP contribution in [0.2, 0.25) is 0 Å². The first-order valence-corrected chi connectivity index (χ1v) is 9.18. The molecule has 2 N–H and O–H groups in total. The Morgan fingerprint density at radius 1 is 1.26 bits per heavy atom. The highest BCUT2D eigenvalue weighted by Gasteiger charge is 2.25. The fourth-order valence-corrected chi connectivity index (χ4v) is 3.46. The summed E-state index contributed by atoms with van der Waals surface area (Å²) in [5, 5.41) is 0. The maximum atomic E-state index is 13.0. The number of benzene rings is 1. The first kappa shape index (κ1) is 19.1. The number of nitrogens with two attached hydrogens (primary N) is 1. The van der Waals surface area contributed by atoms with Gasteiger partial charge in [0.2, 0.25) is 11.9 Å². The van der Waals surface area contributed by atoms with Gasteiger partial charge in [0.25, 0.3) is 0 Å². The van der Waals surface area contributed by atoms with E-state index in [0.717, 1.165) is 36.3 Å². The molecule has 1 atom stereocenters. The van der Waals surface area contributed by atoms with E-state index in [1.54, 1.807) is 12.1 Å². The van der Waals surface area contributed by atoms with Gasteiger partial charge in [0, 0.05) is 36.0 Å². The molecule has 3 rings (SSSR count). The summed E-state index contributed by atoms with van der Waals surface area (Å²) in [4.78, 5) is 23.0. The van der Waals surface area contributed by atoms with Crippen molar-refractivity contribution in [2.75, 3.05) is 25.4 Å². The second kappa shape index (κ2) is 8.33. The number of likely N-dealkylation sites (tertiary alicyclic amines) is 1. The molecule has 1 aromatic heterocycles. The minimum absolute atomic E-state index is 0.0704. The number of nitrogen functional groups attached to an aromatic ring is 1. The molecule has 1 aliphatic heterocycles. The zero-order chi connectivity index (χ0) is 19.4. The van der Waals surface area contributed by atoms with Crippen LogP contribution in [-0.4, -0.2) is 40.5 Å². The van der Waals surface area contributed by atoms with Gasteiger partial charge in [-0.25, -0.2) is 14.4 Å². The monoisotopic (exact) mass is 372 g/mol. The lowest BCUT2D eigenvalue weighted by Gasteiger charge is -2.33. The van der Waals surface area contributed by atoms with Gasteiger partial charge in [0.05, 0.1) is 13.0 Å². The first-order valence-electron chi connectivity index (χ1n) is 9.18. The number of aryl methyl sites for hydroxylation is 2. The molecule has 27 heavy (non-hydrogen) atoms. The smallest absolute Gasteiger partial charge is 0.227 e. The molecule has 0 spiro atoms. The highest BCUT2D eigenvalue weighted by molar-refractivity contribution is 5.79. The number of nitrogens with zero attached hydrogens (tertiary/aromatic N) is 3. The van der Waals surface area contributed by atoms with E-state index in [0.29, 0.717) is 18.9 Å². The topological polar surface area (TPSA) is 81.3 Å². The van der Waals surface area contributed by atoms with E-state index in [1.807, 2.05) is 18.7 Å². The lowest BCUT2D eigenvalue weighted by atomic mass is 9.98. The van der Waals surface area contributed by atoms with E-state index in [1.165, 1.54) is 12.1 Å². The number of piperidine rings is 1. The minimum Gasteiger partial charge on any atom is -0.493 e. The van der Waals surface area contributed by atoms with Crippen molar-refractivity contribution in [3.05, 3.63) is 47.0 Å². The van der Waals surface area contributed by atoms with Crippen LogP contribution < -0.4 is 10.5 Å². The molecular formula is C20H25FN4O2. The Morgan fingerprint density at radius 2 is 1.93 bits per heavy atom. The van der Waals surface area contributed by atoms with Gasteiger partial charge in [-0.05, 0) is 51.0 Å². The van der Waals surface area contributed by atoms with Crippen molar-refractivity contribution >= 4 is 11.9 Å². The lowest BCUT2D eigenvalue weighted by Crippen LogP contribution is -2.42. The second-order valence-electron chi connectivity index (χ2n) is 7.02. The fraction of sp³-hybridized carbons (Fsp3) is 0.450. The molecule has 0 aliphatic carbocycles. The summed E-state index contributed by atoms with van der Waals surface area (Å²) in [7, 11) is 0. The molecular weight excluding hydrogens is 347 g/mol. The summed E-state index contributed by atoms with van der Waals surface area (Å²) in [6.07, 6.45) is 2.23. The van der Waals surface area contributed by atoms with Crippen LogP contribution in [-0.2, 0) is 11.2 Å². The molecule has 6 nitrogen and oxygen atoms in total. The number of hydrogen-bond donors (Lipinski definition) is 1. The Kier molecular flexibility index (Phi) is 5.88. The van der Waals surface area contributed by atoms with E-state index < -0.39 is 0 Å². The Morgan fingerprint density at radius 3 is 2.59 bits per heavy atom. The molecule has 144 valence electrons. The molecule has 2 aromatic rings. The Balaban J connectivity index is 1.57. The summed E-state index contributed by atoms with van der Waals surface area (Å²) in [5.74, 6) is 0.926. The SMILES string of the molecule is Cc1nc(N)nc(C)c1CC(=O)N1CCCC(COc2ccc(F)cc2)C1. The van der Waals surface area contributed by atoms with Gasteiger partial charge in [0.1, 0.15) is 11.6 Å². The number of hydrogen-bond acceptors (Lipinski definition) is 5. The van der Waals surface area contributed by atoms with Gasteiger partial charge in [-0.3, -0.25) is 4.79 Å². The van der Waals surface area contributed by atoms with E-state index in [2.05, 4.69) is 9.97 Å². The number of aromatic nitrogens is 2. The van der Waals surface area contributed by atoms with Crippen molar-refractivity contribution in [3.63, 3.8) is 0 Å². The number of rotatable bonds is 5. The van der Waals surface area contributed by atoms with Gasteiger partial charge in [0.15, 0.2) is 0 Å². The minimum atomic E-state index is -0.283. The Labute approximate surface area is 158 Å². The second-order valence-corrected chi connectivity index (χ2v) is 7.02. The molecule has 1 amide bonds. The van der Waals surface area contributed by atoms with Crippen LogP contribution in [0.25, 0.3) is 0 Å². The third-order valence-corrected chi connectivity index (χ3v) is 4.94. The third kappa shape index (κ3) is 4.93. The summed E-state index contributed by atoms with van der Waals surface area (Å²) in [5.41, 5.74) is 8.01. The average Bonchev–Trinajstić information content (AvgIpc) is 2.64.